The zero-order valence-electron chi connectivity index (χ0n) is 15.8. The number of aryl methyl sites for hydroxylation is 2. The van der Waals surface area contributed by atoms with Gasteiger partial charge >= 0.3 is 0 Å². The molecule has 0 amide bonds. The van der Waals surface area contributed by atoms with E-state index in [1.165, 1.54) is 17.3 Å². The highest BCUT2D eigenvalue weighted by atomic mass is 19.1. The van der Waals surface area contributed by atoms with Crippen LogP contribution >= 0.6 is 0 Å². The highest BCUT2D eigenvalue weighted by Gasteiger charge is 2.17. The van der Waals surface area contributed by atoms with E-state index in [2.05, 4.69) is 38.7 Å². The van der Waals surface area contributed by atoms with E-state index in [1.807, 2.05) is 32.3 Å². The molecule has 0 fully saturated rings. The van der Waals surface area contributed by atoms with Gasteiger partial charge in [0.05, 0.1) is 23.3 Å². The molecule has 0 saturated heterocycles. The zero-order valence-corrected chi connectivity index (χ0v) is 15.8. The normalized spacial score (nSPS) is 14.1. The van der Waals surface area contributed by atoms with Crippen molar-refractivity contribution in [1.82, 2.24) is 19.7 Å². The van der Waals surface area contributed by atoms with E-state index in [0.717, 1.165) is 36.6 Å². The van der Waals surface area contributed by atoms with Gasteiger partial charge in [-0.3, -0.25) is 4.68 Å². The van der Waals surface area contributed by atoms with Crippen LogP contribution in [0.15, 0.2) is 36.7 Å². The van der Waals surface area contributed by atoms with Crippen LogP contribution in [0, 0.1) is 12.7 Å². The second-order valence-electron chi connectivity index (χ2n) is 7.03. The third-order valence-corrected chi connectivity index (χ3v) is 4.86. The van der Waals surface area contributed by atoms with E-state index < -0.39 is 0 Å². The lowest BCUT2D eigenvalue weighted by Crippen LogP contribution is -2.27. The molecule has 1 aliphatic heterocycles. The van der Waals surface area contributed by atoms with Crippen LogP contribution in [0.2, 0.25) is 0 Å². The predicted octanol–water partition coefficient (Wildman–Crippen LogP) is 3.74. The highest BCUT2D eigenvalue weighted by Crippen LogP contribution is 2.30. The number of nitrogens with zero attached hydrogens (tertiary/aromatic N) is 4. The number of likely N-dealkylation sites (N-methyl/N-ethyl adjacent to an activating group) is 1. The molecule has 0 atom stereocenters. The van der Waals surface area contributed by atoms with Crippen molar-refractivity contribution in [3.63, 3.8) is 0 Å². The maximum Gasteiger partial charge on any atom is 0.165 e. The molecule has 1 aliphatic rings. The Morgan fingerprint density at radius 1 is 1.11 bits per heavy atom. The second kappa shape index (κ2) is 7.00. The van der Waals surface area contributed by atoms with Crippen LogP contribution in [0.4, 0.5) is 27.3 Å². The third-order valence-electron chi connectivity index (χ3n) is 4.86. The van der Waals surface area contributed by atoms with E-state index in [4.69, 9.17) is 0 Å². The highest BCUT2D eigenvalue weighted by molar-refractivity contribution is 5.69. The van der Waals surface area contributed by atoms with Crippen molar-refractivity contribution in [2.45, 2.75) is 19.9 Å². The number of anilines is 4. The SMILES string of the molecule is Cc1nn(C)cc1Nc1cc(Nc2cccc3c2CN(C)CC3)c(F)cn1. The van der Waals surface area contributed by atoms with Gasteiger partial charge in [0.2, 0.25) is 0 Å². The van der Waals surface area contributed by atoms with Gasteiger partial charge in [-0.1, -0.05) is 12.1 Å². The topological polar surface area (TPSA) is 58.0 Å². The standard InChI is InChI=1S/C20H23FN6/c1-13-19(12-27(3)25-13)24-20-9-18(16(21)10-22-20)23-17-6-4-5-14-7-8-26(2)11-15(14)17/h4-6,9-10,12H,7-8,11H2,1-3H3,(H2,22,23,24). The number of hydrogen-bond donors (Lipinski definition) is 2. The summed E-state index contributed by atoms with van der Waals surface area (Å²) in [5.41, 5.74) is 5.58. The third kappa shape index (κ3) is 3.64. The quantitative estimate of drug-likeness (QED) is 0.737. The Morgan fingerprint density at radius 2 is 1.96 bits per heavy atom. The molecule has 140 valence electrons. The predicted molar refractivity (Wildman–Crippen MR) is 105 cm³/mol. The molecule has 7 heteroatoms. The van der Waals surface area contributed by atoms with Gasteiger partial charge in [-0.05, 0) is 37.6 Å². The molecular weight excluding hydrogens is 343 g/mol. The Kier molecular flexibility index (Phi) is 4.53. The van der Waals surface area contributed by atoms with Gasteiger partial charge in [0, 0.05) is 38.1 Å². The summed E-state index contributed by atoms with van der Waals surface area (Å²) in [5, 5.41) is 10.8. The first kappa shape index (κ1) is 17.5. The van der Waals surface area contributed by atoms with Crippen molar-refractivity contribution < 1.29 is 4.39 Å². The summed E-state index contributed by atoms with van der Waals surface area (Å²) in [6, 6.07) is 7.85. The number of halogens is 1. The van der Waals surface area contributed by atoms with Crippen molar-refractivity contribution in [2.24, 2.45) is 7.05 Å². The first-order chi connectivity index (χ1) is 13.0. The monoisotopic (exact) mass is 366 g/mol. The molecule has 0 saturated carbocycles. The van der Waals surface area contributed by atoms with E-state index in [9.17, 15) is 4.39 Å². The van der Waals surface area contributed by atoms with Crippen molar-refractivity contribution in [3.8, 4) is 0 Å². The molecule has 6 nitrogen and oxygen atoms in total. The number of pyridine rings is 1. The summed E-state index contributed by atoms with van der Waals surface area (Å²) in [6.07, 6.45) is 4.11. The van der Waals surface area contributed by atoms with Crippen LogP contribution < -0.4 is 10.6 Å². The van der Waals surface area contributed by atoms with E-state index >= 15 is 0 Å². The Bertz CT molecular complexity index is 981. The Hall–Kier alpha value is -2.93. The Morgan fingerprint density at radius 3 is 2.74 bits per heavy atom. The minimum absolute atomic E-state index is 0.384. The largest absolute Gasteiger partial charge is 0.353 e. The van der Waals surface area contributed by atoms with Crippen LogP contribution in [0.3, 0.4) is 0 Å². The lowest BCUT2D eigenvalue weighted by Gasteiger charge is -2.27. The fraction of sp³-hybridized carbons (Fsp3) is 0.300. The molecule has 4 rings (SSSR count). The molecule has 2 aromatic heterocycles. The molecule has 27 heavy (non-hydrogen) atoms. The second-order valence-corrected chi connectivity index (χ2v) is 7.03. The fourth-order valence-corrected chi connectivity index (χ4v) is 3.44. The van der Waals surface area contributed by atoms with Crippen molar-refractivity contribution in [3.05, 3.63) is 59.3 Å². The molecule has 0 unspecified atom stereocenters. The summed E-state index contributed by atoms with van der Waals surface area (Å²) in [5.74, 6) is 0.183. The molecule has 1 aromatic carbocycles. The van der Waals surface area contributed by atoms with Gasteiger partial charge < -0.3 is 15.5 Å². The van der Waals surface area contributed by atoms with Crippen molar-refractivity contribution >= 4 is 22.9 Å². The van der Waals surface area contributed by atoms with Gasteiger partial charge in [-0.2, -0.15) is 5.10 Å². The van der Waals surface area contributed by atoms with Gasteiger partial charge in [-0.25, -0.2) is 9.37 Å². The minimum Gasteiger partial charge on any atom is -0.353 e. The van der Waals surface area contributed by atoms with E-state index in [1.54, 1.807) is 10.7 Å². The van der Waals surface area contributed by atoms with Gasteiger partial charge in [0.15, 0.2) is 5.82 Å². The van der Waals surface area contributed by atoms with E-state index in [0.29, 0.717) is 11.5 Å². The molecule has 0 spiro atoms. The van der Waals surface area contributed by atoms with Crippen LogP contribution in [-0.2, 0) is 20.0 Å². The number of benzene rings is 1. The Labute approximate surface area is 158 Å². The number of hydrogen-bond acceptors (Lipinski definition) is 5. The summed E-state index contributed by atoms with van der Waals surface area (Å²) in [7, 11) is 3.96. The summed E-state index contributed by atoms with van der Waals surface area (Å²) in [6.45, 7) is 3.81. The minimum atomic E-state index is -0.384. The molecular formula is C20H23FN6. The van der Waals surface area contributed by atoms with Crippen LogP contribution in [0.1, 0.15) is 16.8 Å². The van der Waals surface area contributed by atoms with Gasteiger partial charge in [0.1, 0.15) is 5.82 Å². The van der Waals surface area contributed by atoms with E-state index in [-0.39, 0.29) is 5.82 Å². The summed E-state index contributed by atoms with van der Waals surface area (Å²) >= 11 is 0. The van der Waals surface area contributed by atoms with Gasteiger partial charge in [0.25, 0.3) is 0 Å². The number of fused-ring (bicyclic) bond motifs is 1. The number of nitrogens with one attached hydrogen (secondary N) is 2. The maximum absolute atomic E-state index is 14.4. The molecule has 3 aromatic rings. The molecule has 3 heterocycles. The number of rotatable bonds is 4. The fourth-order valence-electron chi connectivity index (χ4n) is 3.44. The number of aromatic nitrogens is 3. The van der Waals surface area contributed by atoms with Gasteiger partial charge in [-0.15, -0.1) is 0 Å². The Balaban J connectivity index is 1.62. The van der Waals surface area contributed by atoms with Crippen molar-refractivity contribution in [1.29, 1.82) is 0 Å². The average molecular weight is 366 g/mol. The lowest BCUT2D eigenvalue weighted by molar-refractivity contribution is 0.313. The molecule has 2 N–H and O–H groups in total. The smallest absolute Gasteiger partial charge is 0.165 e. The lowest BCUT2D eigenvalue weighted by atomic mass is 9.98. The molecule has 0 radical (unpaired) electrons. The van der Waals surface area contributed by atoms with Crippen molar-refractivity contribution in [2.75, 3.05) is 24.2 Å². The summed E-state index contributed by atoms with van der Waals surface area (Å²) < 4.78 is 16.1. The molecule has 0 aliphatic carbocycles. The van der Waals surface area contributed by atoms with Crippen LogP contribution in [0.25, 0.3) is 0 Å². The average Bonchev–Trinajstić information content (AvgIpc) is 2.95. The first-order valence-corrected chi connectivity index (χ1v) is 8.99. The summed E-state index contributed by atoms with van der Waals surface area (Å²) in [4.78, 5) is 6.43. The zero-order chi connectivity index (χ0) is 19.0. The van der Waals surface area contributed by atoms with Crippen LogP contribution in [0.5, 0.6) is 0 Å². The molecule has 0 bridgehead atoms. The van der Waals surface area contributed by atoms with Crippen LogP contribution in [-0.4, -0.2) is 33.3 Å². The maximum atomic E-state index is 14.4. The first-order valence-electron chi connectivity index (χ1n) is 8.99.